The lowest BCUT2D eigenvalue weighted by Gasteiger charge is -2.37. The average molecular weight is 261 g/mol. The van der Waals surface area contributed by atoms with Crippen LogP contribution in [0, 0.1) is 6.92 Å². The van der Waals surface area contributed by atoms with Gasteiger partial charge < -0.3 is 10.2 Å². The number of anilines is 1. The van der Waals surface area contributed by atoms with Crippen LogP contribution in [0.3, 0.4) is 0 Å². The second-order valence-corrected chi connectivity index (χ2v) is 6.03. The molecule has 0 bridgehead atoms. The molecule has 0 aromatic carbocycles. The standard InChI is InChI=1S/C16H27N3/c1-12(2)17-10-15-11-18-13(3)9-16(15)19-8-6-5-7-14(19)4/h9,11-12,14,17H,5-8,10H2,1-4H3. The molecule has 0 aliphatic carbocycles. The maximum absolute atomic E-state index is 4.47. The minimum Gasteiger partial charge on any atom is -0.368 e. The Morgan fingerprint density at radius 1 is 1.42 bits per heavy atom. The van der Waals surface area contributed by atoms with Gasteiger partial charge >= 0.3 is 0 Å². The summed E-state index contributed by atoms with van der Waals surface area (Å²) in [7, 11) is 0. The molecule has 3 heteroatoms. The zero-order valence-electron chi connectivity index (χ0n) is 12.7. The van der Waals surface area contributed by atoms with E-state index in [9.17, 15) is 0 Å². The number of aryl methyl sites for hydroxylation is 1. The molecule has 106 valence electrons. The highest BCUT2D eigenvalue weighted by atomic mass is 15.2. The van der Waals surface area contributed by atoms with Crippen molar-refractivity contribution in [1.29, 1.82) is 0 Å². The molecule has 1 N–H and O–H groups in total. The van der Waals surface area contributed by atoms with Gasteiger partial charge in [-0.15, -0.1) is 0 Å². The number of hydrogen-bond acceptors (Lipinski definition) is 3. The van der Waals surface area contributed by atoms with Crippen LogP contribution >= 0.6 is 0 Å². The molecule has 2 heterocycles. The first-order valence-electron chi connectivity index (χ1n) is 7.53. The Labute approximate surface area is 117 Å². The van der Waals surface area contributed by atoms with E-state index in [1.165, 1.54) is 37.1 Å². The first-order chi connectivity index (χ1) is 9.08. The largest absolute Gasteiger partial charge is 0.368 e. The lowest BCUT2D eigenvalue weighted by Crippen LogP contribution is -2.38. The Morgan fingerprint density at radius 3 is 2.89 bits per heavy atom. The molecular weight excluding hydrogens is 234 g/mol. The number of nitrogens with one attached hydrogen (secondary N) is 1. The zero-order chi connectivity index (χ0) is 13.8. The van der Waals surface area contributed by atoms with Crippen molar-refractivity contribution in [3.8, 4) is 0 Å². The highest BCUT2D eigenvalue weighted by molar-refractivity contribution is 5.54. The van der Waals surface area contributed by atoms with Crippen LogP contribution in [0.5, 0.6) is 0 Å². The quantitative estimate of drug-likeness (QED) is 0.901. The van der Waals surface area contributed by atoms with Gasteiger partial charge in [0.1, 0.15) is 0 Å². The topological polar surface area (TPSA) is 28.2 Å². The first-order valence-corrected chi connectivity index (χ1v) is 7.53. The molecule has 1 atom stereocenters. The third-order valence-electron chi connectivity index (χ3n) is 3.91. The number of pyridine rings is 1. The summed E-state index contributed by atoms with van der Waals surface area (Å²) in [6.45, 7) is 10.9. The summed E-state index contributed by atoms with van der Waals surface area (Å²) in [5.74, 6) is 0. The van der Waals surface area contributed by atoms with E-state index in [4.69, 9.17) is 0 Å². The van der Waals surface area contributed by atoms with Crippen LogP contribution in [0.15, 0.2) is 12.3 Å². The predicted molar refractivity (Wildman–Crippen MR) is 81.6 cm³/mol. The lowest BCUT2D eigenvalue weighted by molar-refractivity contribution is 0.482. The van der Waals surface area contributed by atoms with E-state index in [-0.39, 0.29) is 0 Å². The van der Waals surface area contributed by atoms with Crippen LogP contribution in [0.1, 0.15) is 51.3 Å². The van der Waals surface area contributed by atoms with Crippen LogP contribution in [0.2, 0.25) is 0 Å². The van der Waals surface area contributed by atoms with Crippen LogP contribution < -0.4 is 10.2 Å². The van der Waals surface area contributed by atoms with Gasteiger partial charge in [-0.2, -0.15) is 0 Å². The highest BCUT2D eigenvalue weighted by Crippen LogP contribution is 2.28. The van der Waals surface area contributed by atoms with Gasteiger partial charge in [0.05, 0.1) is 0 Å². The molecule has 1 fully saturated rings. The number of piperidine rings is 1. The van der Waals surface area contributed by atoms with E-state index in [2.05, 4.69) is 49.0 Å². The highest BCUT2D eigenvalue weighted by Gasteiger charge is 2.21. The summed E-state index contributed by atoms with van der Waals surface area (Å²) in [5, 5.41) is 3.51. The zero-order valence-corrected chi connectivity index (χ0v) is 12.7. The molecule has 1 aliphatic rings. The van der Waals surface area contributed by atoms with Crippen molar-refractivity contribution >= 4 is 5.69 Å². The number of rotatable bonds is 4. The molecular formula is C16H27N3. The van der Waals surface area contributed by atoms with E-state index in [1.807, 2.05) is 6.20 Å². The summed E-state index contributed by atoms with van der Waals surface area (Å²) in [5.41, 5.74) is 3.82. The Hall–Kier alpha value is -1.09. The predicted octanol–water partition coefficient (Wildman–Crippen LogP) is 3.27. The summed E-state index contributed by atoms with van der Waals surface area (Å²) in [6.07, 6.45) is 6.02. The van der Waals surface area contributed by atoms with Gasteiger partial charge in [-0.25, -0.2) is 0 Å². The van der Waals surface area contributed by atoms with Crippen molar-refractivity contribution in [2.24, 2.45) is 0 Å². The van der Waals surface area contributed by atoms with Crippen LogP contribution in [-0.2, 0) is 6.54 Å². The van der Waals surface area contributed by atoms with Crippen LogP contribution in [0.25, 0.3) is 0 Å². The molecule has 1 saturated heterocycles. The summed E-state index contributed by atoms with van der Waals surface area (Å²) in [6, 6.07) is 3.40. The molecule has 1 unspecified atom stereocenters. The van der Waals surface area contributed by atoms with Gasteiger partial charge in [-0.05, 0) is 39.2 Å². The fourth-order valence-corrected chi connectivity index (χ4v) is 2.75. The van der Waals surface area contributed by atoms with Crippen molar-refractivity contribution in [3.63, 3.8) is 0 Å². The minimum atomic E-state index is 0.507. The van der Waals surface area contributed by atoms with E-state index in [0.29, 0.717) is 12.1 Å². The average Bonchev–Trinajstić information content (AvgIpc) is 2.37. The van der Waals surface area contributed by atoms with Gasteiger partial charge in [-0.3, -0.25) is 4.98 Å². The van der Waals surface area contributed by atoms with Gasteiger partial charge in [0.2, 0.25) is 0 Å². The van der Waals surface area contributed by atoms with Gasteiger partial charge in [-0.1, -0.05) is 13.8 Å². The Morgan fingerprint density at radius 2 is 2.21 bits per heavy atom. The molecule has 0 radical (unpaired) electrons. The molecule has 1 aromatic rings. The Kier molecular flexibility index (Phi) is 4.81. The van der Waals surface area contributed by atoms with Crippen molar-refractivity contribution in [2.45, 2.75) is 65.6 Å². The SMILES string of the molecule is Cc1cc(N2CCCCC2C)c(CNC(C)C)cn1. The van der Waals surface area contributed by atoms with Crippen LogP contribution in [0.4, 0.5) is 5.69 Å². The molecule has 1 aliphatic heterocycles. The van der Waals surface area contributed by atoms with Crippen molar-refractivity contribution in [2.75, 3.05) is 11.4 Å². The second kappa shape index (κ2) is 6.38. The normalized spacial score (nSPS) is 20.1. The van der Waals surface area contributed by atoms with Gasteiger partial charge in [0, 0.05) is 48.3 Å². The molecule has 3 nitrogen and oxygen atoms in total. The third-order valence-corrected chi connectivity index (χ3v) is 3.91. The number of hydrogen-bond donors (Lipinski definition) is 1. The third kappa shape index (κ3) is 3.69. The Bertz CT molecular complexity index is 414. The second-order valence-electron chi connectivity index (χ2n) is 6.03. The fourth-order valence-electron chi connectivity index (χ4n) is 2.75. The van der Waals surface area contributed by atoms with E-state index in [0.717, 1.165) is 12.2 Å². The molecule has 0 saturated carbocycles. The van der Waals surface area contributed by atoms with Crippen LogP contribution in [-0.4, -0.2) is 23.6 Å². The molecule has 1 aromatic heterocycles. The summed E-state index contributed by atoms with van der Waals surface area (Å²) in [4.78, 5) is 7.04. The molecule has 2 rings (SSSR count). The van der Waals surface area contributed by atoms with Crippen molar-refractivity contribution in [1.82, 2.24) is 10.3 Å². The maximum Gasteiger partial charge on any atom is 0.0447 e. The number of nitrogens with zero attached hydrogens (tertiary/aromatic N) is 2. The lowest BCUT2D eigenvalue weighted by atomic mass is 10.0. The fraction of sp³-hybridized carbons (Fsp3) is 0.688. The van der Waals surface area contributed by atoms with Crippen molar-refractivity contribution in [3.05, 3.63) is 23.5 Å². The minimum absolute atomic E-state index is 0.507. The Balaban J connectivity index is 2.23. The summed E-state index contributed by atoms with van der Waals surface area (Å²) < 4.78 is 0. The van der Waals surface area contributed by atoms with E-state index < -0.39 is 0 Å². The molecule has 0 spiro atoms. The van der Waals surface area contributed by atoms with E-state index in [1.54, 1.807) is 0 Å². The van der Waals surface area contributed by atoms with E-state index >= 15 is 0 Å². The number of aromatic nitrogens is 1. The smallest absolute Gasteiger partial charge is 0.0447 e. The molecule has 0 amide bonds. The molecule has 19 heavy (non-hydrogen) atoms. The summed E-state index contributed by atoms with van der Waals surface area (Å²) >= 11 is 0. The van der Waals surface area contributed by atoms with Crippen molar-refractivity contribution < 1.29 is 0 Å². The monoisotopic (exact) mass is 261 g/mol. The maximum atomic E-state index is 4.47. The van der Waals surface area contributed by atoms with Gasteiger partial charge in [0.15, 0.2) is 0 Å². The first kappa shape index (κ1) is 14.3. The van der Waals surface area contributed by atoms with Gasteiger partial charge in [0.25, 0.3) is 0 Å².